The number of esters is 1. The van der Waals surface area contributed by atoms with E-state index in [4.69, 9.17) is 10.5 Å². The Morgan fingerprint density at radius 1 is 1.29 bits per heavy atom. The monoisotopic (exact) mass is 396 g/mol. The highest BCUT2D eigenvalue weighted by Gasteiger charge is 2.27. The molecule has 0 heterocycles. The number of carbonyl (C=O) groups excluding carboxylic acids is 2. The lowest BCUT2D eigenvalue weighted by molar-refractivity contribution is -0.149. The van der Waals surface area contributed by atoms with Crippen molar-refractivity contribution >= 4 is 33.5 Å². The Balaban J connectivity index is 1.86. The van der Waals surface area contributed by atoms with Gasteiger partial charge in [-0.3, -0.25) is 9.59 Å². The summed E-state index contributed by atoms with van der Waals surface area (Å²) in [7, 11) is 0. The zero-order valence-corrected chi connectivity index (χ0v) is 15.8. The Labute approximate surface area is 151 Å². The van der Waals surface area contributed by atoms with E-state index in [1.54, 1.807) is 6.07 Å². The molecule has 1 aliphatic rings. The number of carbonyl (C=O) groups is 2. The molecule has 0 radical (unpaired) electrons. The first-order valence-electron chi connectivity index (χ1n) is 8.43. The van der Waals surface area contributed by atoms with Crippen LogP contribution in [0.2, 0.25) is 0 Å². The SMILES string of the molecule is CCOC(=O)C1CCC(CNC(=O)c2c(N)ccc(Br)c2C)CC1. The van der Waals surface area contributed by atoms with Crippen LogP contribution in [0, 0.1) is 18.8 Å². The molecule has 1 aromatic rings. The summed E-state index contributed by atoms with van der Waals surface area (Å²) < 4.78 is 5.96. The Hall–Kier alpha value is -1.56. The number of halogens is 1. The van der Waals surface area contributed by atoms with E-state index < -0.39 is 0 Å². The number of nitrogen functional groups attached to an aromatic ring is 1. The number of nitrogens with two attached hydrogens (primary N) is 1. The number of nitrogens with one attached hydrogen (secondary N) is 1. The van der Waals surface area contributed by atoms with E-state index in [0.29, 0.717) is 30.3 Å². The molecule has 0 aliphatic heterocycles. The first-order chi connectivity index (χ1) is 11.4. The van der Waals surface area contributed by atoms with Crippen molar-refractivity contribution in [2.75, 3.05) is 18.9 Å². The molecule has 0 atom stereocenters. The van der Waals surface area contributed by atoms with E-state index in [0.717, 1.165) is 35.7 Å². The van der Waals surface area contributed by atoms with Crippen molar-refractivity contribution in [3.63, 3.8) is 0 Å². The topological polar surface area (TPSA) is 81.4 Å². The third kappa shape index (κ3) is 4.50. The molecule has 1 amide bonds. The van der Waals surface area contributed by atoms with E-state index in [-0.39, 0.29) is 17.8 Å². The summed E-state index contributed by atoms with van der Waals surface area (Å²) in [6.45, 7) is 4.75. The summed E-state index contributed by atoms with van der Waals surface area (Å²) in [6, 6.07) is 3.58. The minimum Gasteiger partial charge on any atom is -0.466 e. The Kier molecular flexibility index (Phi) is 6.66. The molecule has 0 aromatic heterocycles. The van der Waals surface area contributed by atoms with Gasteiger partial charge >= 0.3 is 5.97 Å². The van der Waals surface area contributed by atoms with Gasteiger partial charge in [-0.05, 0) is 63.1 Å². The van der Waals surface area contributed by atoms with Gasteiger partial charge in [0.25, 0.3) is 5.91 Å². The van der Waals surface area contributed by atoms with E-state index in [1.807, 2.05) is 19.9 Å². The highest BCUT2D eigenvalue weighted by Crippen LogP contribution is 2.30. The van der Waals surface area contributed by atoms with Crippen LogP contribution in [0.3, 0.4) is 0 Å². The molecule has 1 aromatic carbocycles. The predicted molar refractivity (Wildman–Crippen MR) is 97.7 cm³/mol. The molecular formula is C18H25BrN2O3. The number of benzene rings is 1. The number of hydrogen-bond acceptors (Lipinski definition) is 4. The molecular weight excluding hydrogens is 372 g/mol. The van der Waals surface area contributed by atoms with E-state index >= 15 is 0 Å². The second-order valence-corrected chi connectivity index (χ2v) is 7.17. The summed E-state index contributed by atoms with van der Waals surface area (Å²) in [5.41, 5.74) is 7.81. The normalized spacial score (nSPS) is 20.5. The summed E-state index contributed by atoms with van der Waals surface area (Å²) in [5, 5.41) is 2.99. The molecule has 2 rings (SSSR count). The summed E-state index contributed by atoms with van der Waals surface area (Å²) >= 11 is 3.43. The van der Waals surface area contributed by atoms with Gasteiger partial charge in [0.2, 0.25) is 0 Å². The maximum atomic E-state index is 12.5. The lowest BCUT2D eigenvalue weighted by Crippen LogP contribution is -2.33. The Morgan fingerprint density at radius 3 is 2.58 bits per heavy atom. The van der Waals surface area contributed by atoms with Crippen molar-refractivity contribution in [3.05, 3.63) is 27.7 Å². The number of ether oxygens (including phenoxy) is 1. The molecule has 24 heavy (non-hydrogen) atoms. The standard InChI is InChI=1S/C18H25BrN2O3/c1-3-24-18(23)13-6-4-12(5-7-13)10-21-17(22)16-11(2)14(19)8-9-15(16)20/h8-9,12-13H,3-7,10,20H2,1-2H3,(H,21,22). The predicted octanol–water partition coefficient (Wildman–Crippen LogP) is 3.44. The van der Waals surface area contributed by atoms with Gasteiger partial charge in [-0.25, -0.2) is 0 Å². The van der Waals surface area contributed by atoms with Crippen LogP contribution >= 0.6 is 15.9 Å². The summed E-state index contributed by atoms with van der Waals surface area (Å²) in [5.74, 6) is 0.185. The van der Waals surface area contributed by atoms with Crippen LogP contribution in [-0.2, 0) is 9.53 Å². The van der Waals surface area contributed by atoms with Crippen LogP contribution in [0.1, 0.15) is 48.5 Å². The maximum absolute atomic E-state index is 12.5. The van der Waals surface area contributed by atoms with Gasteiger partial charge in [-0.2, -0.15) is 0 Å². The third-order valence-corrected chi connectivity index (χ3v) is 5.54. The largest absolute Gasteiger partial charge is 0.466 e. The third-order valence-electron chi connectivity index (χ3n) is 4.68. The molecule has 132 valence electrons. The van der Waals surface area contributed by atoms with Crippen LogP contribution < -0.4 is 11.1 Å². The second kappa shape index (κ2) is 8.51. The molecule has 0 spiro atoms. The molecule has 0 unspecified atom stereocenters. The fraction of sp³-hybridized carbons (Fsp3) is 0.556. The average Bonchev–Trinajstić information content (AvgIpc) is 2.57. The molecule has 3 N–H and O–H groups in total. The number of hydrogen-bond donors (Lipinski definition) is 2. The first kappa shape index (κ1) is 18.8. The molecule has 6 heteroatoms. The maximum Gasteiger partial charge on any atom is 0.308 e. The molecule has 0 bridgehead atoms. The minimum atomic E-state index is -0.140. The quantitative estimate of drug-likeness (QED) is 0.589. The van der Waals surface area contributed by atoms with Crippen LogP contribution in [0.5, 0.6) is 0 Å². The molecule has 1 fully saturated rings. The first-order valence-corrected chi connectivity index (χ1v) is 9.22. The second-order valence-electron chi connectivity index (χ2n) is 6.32. The van der Waals surface area contributed by atoms with Gasteiger partial charge < -0.3 is 15.8 Å². The summed E-state index contributed by atoms with van der Waals surface area (Å²) in [6.07, 6.45) is 3.52. The van der Waals surface area contributed by atoms with Crippen molar-refractivity contribution < 1.29 is 14.3 Å². The number of amides is 1. The minimum absolute atomic E-state index is 0.0138. The van der Waals surface area contributed by atoms with Crippen molar-refractivity contribution in [2.24, 2.45) is 11.8 Å². The highest BCUT2D eigenvalue weighted by atomic mass is 79.9. The molecule has 1 saturated carbocycles. The van der Waals surface area contributed by atoms with Crippen LogP contribution in [0.4, 0.5) is 5.69 Å². The van der Waals surface area contributed by atoms with Crippen molar-refractivity contribution in [3.8, 4) is 0 Å². The highest BCUT2D eigenvalue weighted by molar-refractivity contribution is 9.10. The lowest BCUT2D eigenvalue weighted by atomic mass is 9.82. The van der Waals surface area contributed by atoms with Crippen LogP contribution in [0.15, 0.2) is 16.6 Å². The Bertz CT molecular complexity index is 611. The van der Waals surface area contributed by atoms with Gasteiger partial charge in [0.15, 0.2) is 0 Å². The number of anilines is 1. The van der Waals surface area contributed by atoms with E-state index in [2.05, 4.69) is 21.2 Å². The average molecular weight is 397 g/mol. The fourth-order valence-electron chi connectivity index (χ4n) is 3.20. The lowest BCUT2D eigenvalue weighted by Gasteiger charge is -2.27. The van der Waals surface area contributed by atoms with Crippen molar-refractivity contribution in [2.45, 2.75) is 39.5 Å². The molecule has 0 saturated heterocycles. The van der Waals surface area contributed by atoms with E-state index in [1.165, 1.54) is 0 Å². The fourth-order valence-corrected chi connectivity index (χ4v) is 3.53. The van der Waals surface area contributed by atoms with Crippen LogP contribution in [-0.4, -0.2) is 25.0 Å². The van der Waals surface area contributed by atoms with Gasteiger partial charge in [-0.1, -0.05) is 15.9 Å². The summed E-state index contributed by atoms with van der Waals surface area (Å²) in [4.78, 5) is 24.2. The van der Waals surface area contributed by atoms with Gasteiger partial charge in [0, 0.05) is 16.7 Å². The zero-order chi connectivity index (χ0) is 17.7. The molecule has 5 nitrogen and oxygen atoms in total. The van der Waals surface area contributed by atoms with Crippen molar-refractivity contribution in [1.82, 2.24) is 5.32 Å². The molecule has 1 aliphatic carbocycles. The van der Waals surface area contributed by atoms with Gasteiger partial charge in [0.1, 0.15) is 0 Å². The van der Waals surface area contributed by atoms with Crippen molar-refractivity contribution in [1.29, 1.82) is 0 Å². The Morgan fingerprint density at radius 2 is 1.96 bits per heavy atom. The van der Waals surface area contributed by atoms with Crippen LogP contribution in [0.25, 0.3) is 0 Å². The van der Waals surface area contributed by atoms with Gasteiger partial charge in [-0.15, -0.1) is 0 Å². The van der Waals surface area contributed by atoms with E-state index in [9.17, 15) is 9.59 Å². The number of rotatable bonds is 5. The zero-order valence-electron chi connectivity index (χ0n) is 14.2. The van der Waals surface area contributed by atoms with Gasteiger partial charge in [0.05, 0.1) is 18.1 Å². The smallest absolute Gasteiger partial charge is 0.308 e.